The summed E-state index contributed by atoms with van der Waals surface area (Å²) >= 11 is 0. The van der Waals surface area contributed by atoms with Gasteiger partial charge < -0.3 is 14.7 Å². The Morgan fingerprint density at radius 3 is 2.61 bits per heavy atom. The zero-order valence-corrected chi connectivity index (χ0v) is 17.7. The lowest BCUT2D eigenvalue weighted by Crippen LogP contribution is -2.42. The van der Waals surface area contributed by atoms with Gasteiger partial charge in [0, 0.05) is 45.6 Å². The Bertz CT molecular complexity index is 1250. The van der Waals surface area contributed by atoms with E-state index in [0.29, 0.717) is 5.92 Å². The molecule has 0 spiro atoms. The Morgan fingerprint density at radius 1 is 0.935 bits per heavy atom. The molecule has 0 saturated heterocycles. The highest BCUT2D eigenvalue weighted by Gasteiger charge is 2.43. The van der Waals surface area contributed by atoms with Gasteiger partial charge in [-0.15, -0.1) is 0 Å². The van der Waals surface area contributed by atoms with Gasteiger partial charge in [-0.05, 0) is 36.3 Å². The summed E-state index contributed by atoms with van der Waals surface area (Å²) in [4.78, 5) is 2.37. The Labute approximate surface area is 182 Å². The first-order chi connectivity index (χ1) is 15.1. The van der Waals surface area contributed by atoms with E-state index in [0.717, 1.165) is 34.7 Å². The minimum Gasteiger partial charge on any atom is -0.456 e. The molecule has 3 nitrogen and oxygen atoms in total. The van der Waals surface area contributed by atoms with Crippen LogP contribution in [0, 0.1) is 5.92 Å². The zero-order valence-electron chi connectivity index (χ0n) is 17.7. The number of benzene rings is 3. The largest absolute Gasteiger partial charge is 0.456 e. The molecule has 6 rings (SSSR count). The molecule has 0 radical (unpaired) electrons. The van der Waals surface area contributed by atoms with Crippen LogP contribution in [-0.4, -0.2) is 5.11 Å². The fourth-order valence-corrected chi connectivity index (χ4v) is 5.40. The van der Waals surface area contributed by atoms with Crippen molar-refractivity contribution in [3.05, 3.63) is 107 Å². The van der Waals surface area contributed by atoms with E-state index in [4.69, 9.17) is 4.74 Å². The van der Waals surface area contributed by atoms with Crippen molar-refractivity contribution in [1.82, 2.24) is 0 Å². The van der Waals surface area contributed by atoms with Gasteiger partial charge in [0.2, 0.25) is 0 Å². The summed E-state index contributed by atoms with van der Waals surface area (Å²) in [5.74, 6) is 1.84. The number of allylic oxidation sites excluding steroid dienone is 4. The van der Waals surface area contributed by atoms with Crippen molar-refractivity contribution in [2.45, 2.75) is 31.8 Å². The molecule has 1 aliphatic carbocycles. The molecule has 154 valence electrons. The molecule has 2 aliphatic heterocycles. The minimum atomic E-state index is -0.675. The van der Waals surface area contributed by atoms with Gasteiger partial charge in [-0.2, -0.15) is 0 Å². The third kappa shape index (κ3) is 2.63. The van der Waals surface area contributed by atoms with Gasteiger partial charge in [-0.25, -0.2) is 0 Å². The quantitative estimate of drug-likeness (QED) is 0.483. The van der Waals surface area contributed by atoms with E-state index in [-0.39, 0.29) is 5.41 Å². The van der Waals surface area contributed by atoms with E-state index in [2.05, 4.69) is 73.4 Å². The predicted octanol–water partition coefficient (Wildman–Crippen LogP) is 6.76. The third-order valence-electron chi connectivity index (χ3n) is 7.08. The number of anilines is 2. The molecule has 0 saturated carbocycles. The minimum absolute atomic E-state index is 0.0452. The van der Waals surface area contributed by atoms with Crippen molar-refractivity contribution >= 4 is 11.4 Å². The number of nitrogens with zero attached hydrogens (tertiary/aromatic N) is 1. The van der Waals surface area contributed by atoms with Crippen LogP contribution in [0.25, 0.3) is 0 Å². The molecular formula is C28H25NO2. The number of hydrogen-bond donors (Lipinski definition) is 1. The maximum Gasteiger partial charge on any atom is 0.135 e. The van der Waals surface area contributed by atoms with E-state index < -0.39 is 6.10 Å². The first kappa shape index (κ1) is 18.5. The average Bonchev–Trinajstić information content (AvgIpc) is 2.79. The van der Waals surface area contributed by atoms with Crippen LogP contribution in [0.5, 0.6) is 11.5 Å². The lowest BCUT2D eigenvalue weighted by atomic mass is 9.66. The van der Waals surface area contributed by atoms with Crippen LogP contribution < -0.4 is 9.64 Å². The van der Waals surface area contributed by atoms with Crippen LogP contribution in [0.3, 0.4) is 0 Å². The molecule has 1 N–H and O–H groups in total. The number of aliphatic hydroxyl groups excluding tert-OH is 1. The first-order valence-electron chi connectivity index (χ1n) is 10.9. The molecule has 0 fully saturated rings. The van der Waals surface area contributed by atoms with Crippen molar-refractivity contribution in [1.29, 1.82) is 0 Å². The van der Waals surface area contributed by atoms with Crippen molar-refractivity contribution in [2.24, 2.45) is 5.92 Å². The number of ether oxygens (including phenoxy) is 1. The van der Waals surface area contributed by atoms with Crippen molar-refractivity contribution in [3.63, 3.8) is 0 Å². The van der Waals surface area contributed by atoms with Crippen LogP contribution in [0.4, 0.5) is 11.4 Å². The van der Waals surface area contributed by atoms with Gasteiger partial charge >= 0.3 is 0 Å². The van der Waals surface area contributed by atoms with Crippen LogP contribution >= 0.6 is 0 Å². The normalized spacial score (nSPS) is 22.4. The van der Waals surface area contributed by atoms with E-state index in [1.807, 2.05) is 30.3 Å². The molecule has 2 unspecified atom stereocenters. The Hall–Kier alpha value is -3.30. The summed E-state index contributed by atoms with van der Waals surface area (Å²) in [5.41, 5.74) is 6.60. The van der Waals surface area contributed by atoms with Crippen molar-refractivity contribution < 1.29 is 9.84 Å². The highest BCUT2D eigenvalue weighted by Crippen LogP contribution is 2.54. The van der Waals surface area contributed by atoms with Gasteiger partial charge in [0.25, 0.3) is 0 Å². The van der Waals surface area contributed by atoms with E-state index in [1.165, 1.54) is 16.9 Å². The van der Waals surface area contributed by atoms with Crippen LogP contribution in [0.2, 0.25) is 0 Å². The lowest BCUT2D eigenvalue weighted by Gasteiger charge is -2.48. The van der Waals surface area contributed by atoms with E-state index in [9.17, 15) is 5.11 Å². The monoisotopic (exact) mass is 407 g/mol. The van der Waals surface area contributed by atoms with Gasteiger partial charge in [0.15, 0.2) is 0 Å². The summed E-state index contributed by atoms with van der Waals surface area (Å²) in [5, 5.41) is 10.9. The third-order valence-corrected chi connectivity index (χ3v) is 7.08. The topological polar surface area (TPSA) is 32.7 Å². The van der Waals surface area contributed by atoms with Gasteiger partial charge in [-0.3, -0.25) is 0 Å². The predicted molar refractivity (Wildman–Crippen MR) is 124 cm³/mol. The maximum atomic E-state index is 10.9. The number of fused-ring (bicyclic) bond motifs is 4. The summed E-state index contributed by atoms with van der Waals surface area (Å²) < 4.78 is 6.22. The molecule has 2 atom stereocenters. The second kappa shape index (κ2) is 6.60. The summed E-state index contributed by atoms with van der Waals surface area (Å²) in [6.07, 6.45) is 7.03. The molecule has 3 heteroatoms. The van der Waals surface area contributed by atoms with Crippen LogP contribution in [0.1, 0.15) is 43.1 Å². The Morgan fingerprint density at radius 2 is 1.71 bits per heavy atom. The van der Waals surface area contributed by atoms with Crippen molar-refractivity contribution in [2.75, 3.05) is 4.90 Å². The Kier molecular flexibility index (Phi) is 3.93. The Balaban J connectivity index is 1.52. The summed E-state index contributed by atoms with van der Waals surface area (Å²) in [6.45, 7) is 4.70. The zero-order chi connectivity index (χ0) is 21.2. The summed E-state index contributed by atoms with van der Waals surface area (Å²) in [7, 11) is 0. The number of hydrogen-bond acceptors (Lipinski definition) is 3. The molecule has 0 bridgehead atoms. The number of rotatable bonds is 1. The molecule has 0 amide bonds. The molecule has 3 aromatic carbocycles. The first-order valence-corrected chi connectivity index (χ1v) is 10.9. The van der Waals surface area contributed by atoms with Crippen LogP contribution in [0.15, 0.2) is 90.7 Å². The van der Waals surface area contributed by atoms with Gasteiger partial charge in [0.05, 0.1) is 0 Å². The average molecular weight is 408 g/mol. The number of aliphatic hydroxyl groups is 1. The molecule has 0 aromatic heterocycles. The molecular weight excluding hydrogens is 382 g/mol. The SMILES string of the molecule is CC1(C)c2ccccc2N(c2ccc3c(c2)Oc2ccccc2C3O)C2=CC=CCC21. The second-order valence-corrected chi connectivity index (χ2v) is 9.15. The lowest BCUT2D eigenvalue weighted by molar-refractivity contribution is 0.203. The van der Waals surface area contributed by atoms with Gasteiger partial charge in [-0.1, -0.05) is 68.5 Å². The maximum absolute atomic E-state index is 10.9. The van der Waals surface area contributed by atoms with Crippen molar-refractivity contribution in [3.8, 4) is 11.5 Å². The fraction of sp³-hybridized carbons (Fsp3) is 0.214. The van der Waals surface area contributed by atoms with Gasteiger partial charge in [0.1, 0.15) is 17.6 Å². The second-order valence-electron chi connectivity index (χ2n) is 9.15. The smallest absolute Gasteiger partial charge is 0.135 e. The highest BCUT2D eigenvalue weighted by atomic mass is 16.5. The molecule has 3 aromatic rings. The standard InChI is InChI=1S/C28H25NO2/c1-28(2)21-10-4-6-12-23(21)29(24-13-7-5-11-22(24)28)18-15-16-20-26(17-18)31-25-14-8-3-9-19(25)27(20)30/h3-10,12-17,22,27,30H,11H2,1-2H3. The van der Waals surface area contributed by atoms with E-state index in [1.54, 1.807) is 0 Å². The van der Waals surface area contributed by atoms with Crippen LogP contribution in [-0.2, 0) is 5.41 Å². The number of para-hydroxylation sites is 2. The highest BCUT2D eigenvalue weighted by molar-refractivity contribution is 5.77. The fourth-order valence-electron chi connectivity index (χ4n) is 5.40. The summed E-state index contributed by atoms with van der Waals surface area (Å²) in [6, 6.07) is 22.6. The molecule has 3 aliphatic rings. The van der Waals surface area contributed by atoms with E-state index >= 15 is 0 Å². The molecule has 2 heterocycles. The molecule has 31 heavy (non-hydrogen) atoms.